The van der Waals surface area contributed by atoms with Gasteiger partial charge in [0.25, 0.3) is 0 Å². The second kappa shape index (κ2) is 3.68. The van der Waals surface area contributed by atoms with Crippen LogP contribution in [0.25, 0.3) is 0 Å². The summed E-state index contributed by atoms with van der Waals surface area (Å²) in [5.41, 5.74) is 0. The molecule has 3 nitrogen and oxygen atoms in total. The third-order valence-corrected chi connectivity index (χ3v) is 1.70. The van der Waals surface area contributed by atoms with Gasteiger partial charge in [-0.3, -0.25) is 4.79 Å². The summed E-state index contributed by atoms with van der Waals surface area (Å²) in [4.78, 5) is 11.0. The van der Waals surface area contributed by atoms with Gasteiger partial charge in [-0.1, -0.05) is 6.92 Å². The lowest BCUT2D eigenvalue weighted by molar-refractivity contribution is -0.121. The van der Waals surface area contributed by atoms with Crippen molar-refractivity contribution in [1.29, 1.82) is 0 Å². The summed E-state index contributed by atoms with van der Waals surface area (Å²) in [7, 11) is 0. The fourth-order valence-corrected chi connectivity index (χ4v) is 1.05. The molecule has 10 heavy (non-hydrogen) atoms. The summed E-state index contributed by atoms with van der Waals surface area (Å²) in [6.45, 7) is 4.34. The summed E-state index contributed by atoms with van der Waals surface area (Å²) in [5, 5.41) is 7.32. The van der Waals surface area contributed by atoms with Gasteiger partial charge in [-0.25, -0.2) is 5.32 Å². The van der Waals surface area contributed by atoms with E-state index in [4.69, 9.17) is 0 Å². The first-order valence-corrected chi connectivity index (χ1v) is 3.74. The Balaban J connectivity index is 2.31. The van der Waals surface area contributed by atoms with Crippen molar-refractivity contribution in [2.24, 2.45) is 0 Å². The first-order valence-electron chi connectivity index (χ1n) is 3.74. The van der Waals surface area contributed by atoms with Gasteiger partial charge in [-0.05, 0) is 0 Å². The minimum Gasteiger partial charge on any atom is -0.313 e. The van der Waals surface area contributed by atoms with Gasteiger partial charge in [0, 0.05) is 26.1 Å². The molecule has 57 valence electrons. The van der Waals surface area contributed by atoms with E-state index in [2.05, 4.69) is 10.6 Å². The highest BCUT2D eigenvalue weighted by Crippen LogP contribution is 1.94. The van der Waals surface area contributed by atoms with Crippen LogP contribution in [0.4, 0.5) is 0 Å². The minimum absolute atomic E-state index is 0.0567. The van der Waals surface area contributed by atoms with E-state index in [1.54, 1.807) is 0 Å². The van der Waals surface area contributed by atoms with E-state index in [0.717, 1.165) is 19.6 Å². The molecule has 3 heteroatoms. The average Bonchev–Trinajstić information content (AvgIpc) is 2.05. The Morgan fingerprint density at radius 3 is 3.10 bits per heavy atom. The Morgan fingerprint density at radius 1 is 1.80 bits per heavy atom. The van der Waals surface area contributed by atoms with E-state index in [1.165, 1.54) is 0 Å². The van der Waals surface area contributed by atoms with Crippen LogP contribution in [0.15, 0.2) is 0 Å². The Labute approximate surface area is 61.2 Å². The largest absolute Gasteiger partial charge is 0.313 e. The van der Waals surface area contributed by atoms with Crippen LogP contribution in [0, 0.1) is 0 Å². The molecule has 0 aromatic heterocycles. The predicted molar refractivity (Wildman–Crippen MR) is 39.0 cm³/mol. The normalized spacial score (nSPS) is 26.3. The van der Waals surface area contributed by atoms with Gasteiger partial charge < -0.3 is 5.32 Å². The van der Waals surface area contributed by atoms with Gasteiger partial charge in [0.15, 0.2) is 5.78 Å². The van der Waals surface area contributed by atoms with Crippen LogP contribution < -0.4 is 10.6 Å². The molecule has 1 rings (SSSR count). The van der Waals surface area contributed by atoms with Crippen molar-refractivity contribution < 1.29 is 4.79 Å². The fraction of sp³-hybridized carbons (Fsp3) is 0.857. The highest BCUT2D eigenvalue weighted by Gasteiger charge is 2.18. The van der Waals surface area contributed by atoms with Crippen LogP contribution in [-0.2, 0) is 4.79 Å². The molecule has 0 bridgehead atoms. The van der Waals surface area contributed by atoms with Crippen molar-refractivity contribution in [3.63, 3.8) is 0 Å². The molecule has 1 radical (unpaired) electrons. The van der Waals surface area contributed by atoms with Crippen LogP contribution in [0.2, 0.25) is 0 Å². The molecular formula is C7H13N2O. The Hall–Kier alpha value is -0.410. The number of piperazine rings is 1. The second-order valence-electron chi connectivity index (χ2n) is 2.45. The molecule has 0 amide bonds. The molecule has 1 aliphatic heterocycles. The average molecular weight is 141 g/mol. The molecule has 1 N–H and O–H groups in total. The molecule has 1 aliphatic rings. The maximum Gasteiger partial charge on any atom is 0.152 e. The molecule has 0 aromatic rings. The SMILES string of the molecule is CCC(=O)C1CNCC[N]1. The third-order valence-electron chi connectivity index (χ3n) is 1.70. The van der Waals surface area contributed by atoms with Crippen molar-refractivity contribution in [2.75, 3.05) is 19.6 Å². The molecular weight excluding hydrogens is 128 g/mol. The second-order valence-corrected chi connectivity index (χ2v) is 2.45. The summed E-state index contributed by atoms with van der Waals surface area (Å²) in [5.74, 6) is 0.257. The fourth-order valence-electron chi connectivity index (χ4n) is 1.05. The monoisotopic (exact) mass is 141 g/mol. The van der Waals surface area contributed by atoms with Crippen molar-refractivity contribution >= 4 is 5.78 Å². The van der Waals surface area contributed by atoms with Gasteiger partial charge in [-0.15, -0.1) is 0 Å². The molecule has 1 saturated heterocycles. The first-order chi connectivity index (χ1) is 4.84. The van der Waals surface area contributed by atoms with E-state index >= 15 is 0 Å². The molecule has 1 fully saturated rings. The summed E-state index contributed by atoms with van der Waals surface area (Å²) in [6, 6.07) is -0.0567. The number of nitrogens with zero attached hydrogens (tertiary/aromatic N) is 1. The molecule has 0 spiro atoms. The Morgan fingerprint density at radius 2 is 2.60 bits per heavy atom. The van der Waals surface area contributed by atoms with Crippen LogP contribution >= 0.6 is 0 Å². The number of ketones is 1. The number of nitrogens with one attached hydrogen (secondary N) is 1. The van der Waals surface area contributed by atoms with Crippen molar-refractivity contribution in [1.82, 2.24) is 10.6 Å². The molecule has 0 aromatic carbocycles. The summed E-state index contributed by atoms with van der Waals surface area (Å²) in [6.07, 6.45) is 0.607. The first kappa shape index (κ1) is 7.69. The molecule has 0 saturated carbocycles. The topological polar surface area (TPSA) is 43.2 Å². The minimum atomic E-state index is -0.0567. The lowest BCUT2D eigenvalue weighted by Crippen LogP contribution is -2.48. The highest BCUT2D eigenvalue weighted by atomic mass is 16.1. The zero-order chi connectivity index (χ0) is 7.40. The van der Waals surface area contributed by atoms with Crippen LogP contribution in [0.3, 0.4) is 0 Å². The molecule has 1 unspecified atom stereocenters. The quantitative estimate of drug-likeness (QED) is 0.565. The molecule has 0 aliphatic carbocycles. The zero-order valence-electron chi connectivity index (χ0n) is 6.26. The number of Topliss-reactive ketones (excluding diaryl/α,β-unsaturated/α-hetero) is 1. The molecule has 1 atom stereocenters. The van der Waals surface area contributed by atoms with E-state index < -0.39 is 0 Å². The maximum atomic E-state index is 11.0. The van der Waals surface area contributed by atoms with Crippen molar-refractivity contribution in [2.45, 2.75) is 19.4 Å². The van der Waals surface area contributed by atoms with Crippen molar-refractivity contribution in [3.8, 4) is 0 Å². The Bertz CT molecular complexity index is 119. The summed E-state index contributed by atoms with van der Waals surface area (Å²) < 4.78 is 0. The number of rotatable bonds is 2. The number of carbonyl (C=O) groups excluding carboxylic acids is 1. The predicted octanol–water partition coefficient (Wildman–Crippen LogP) is -0.458. The lowest BCUT2D eigenvalue weighted by Gasteiger charge is -2.20. The van der Waals surface area contributed by atoms with E-state index in [9.17, 15) is 4.79 Å². The van der Waals surface area contributed by atoms with Gasteiger partial charge in [0.1, 0.15) is 0 Å². The van der Waals surface area contributed by atoms with E-state index in [-0.39, 0.29) is 11.8 Å². The maximum absolute atomic E-state index is 11.0. The number of carbonyl (C=O) groups is 1. The van der Waals surface area contributed by atoms with E-state index in [0.29, 0.717) is 6.42 Å². The van der Waals surface area contributed by atoms with Gasteiger partial charge >= 0.3 is 0 Å². The lowest BCUT2D eigenvalue weighted by atomic mass is 10.1. The number of hydrogen-bond acceptors (Lipinski definition) is 2. The van der Waals surface area contributed by atoms with Gasteiger partial charge in [0.2, 0.25) is 0 Å². The highest BCUT2D eigenvalue weighted by molar-refractivity contribution is 5.84. The zero-order valence-corrected chi connectivity index (χ0v) is 6.26. The van der Waals surface area contributed by atoms with Crippen LogP contribution in [0.5, 0.6) is 0 Å². The van der Waals surface area contributed by atoms with Crippen molar-refractivity contribution in [3.05, 3.63) is 0 Å². The third kappa shape index (κ3) is 1.78. The van der Waals surface area contributed by atoms with Crippen LogP contribution in [0.1, 0.15) is 13.3 Å². The smallest absolute Gasteiger partial charge is 0.152 e. The standard InChI is InChI=1S/C7H13N2O/c1-2-7(10)6-5-8-3-4-9-6/h6,8H,2-5H2,1H3. The van der Waals surface area contributed by atoms with Gasteiger partial charge in [-0.2, -0.15) is 0 Å². The number of hydrogen-bond donors (Lipinski definition) is 1. The summed E-state index contributed by atoms with van der Waals surface area (Å²) >= 11 is 0. The molecule has 1 heterocycles. The Kier molecular flexibility index (Phi) is 2.83. The van der Waals surface area contributed by atoms with Gasteiger partial charge in [0.05, 0.1) is 6.04 Å². The van der Waals surface area contributed by atoms with E-state index in [1.807, 2.05) is 6.92 Å². The van der Waals surface area contributed by atoms with Crippen LogP contribution in [-0.4, -0.2) is 31.5 Å².